The van der Waals surface area contributed by atoms with Gasteiger partial charge in [-0.15, -0.1) is 0 Å². The Morgan fingerprint density at radius 2 is 1.84 bits per heavy atom. The molecule has 1 N–H and O–H groups in total. The molecule has 2 aliphatic rings. The van der Waals surface area contributed by atoms with E-state index in [9.17, 15) is 14.7 Å². The van der Waals surface area contributed by atoms with Gasteiger partial charge in [0.15, 0.2) is 22.9 Å². The van der Waals surface area contributed by atoms with E-state index in [1.54, 1.807) is 48.4 Å². The van der Waals surface area contributed by atoms with Gasteiger partial charge in [-0.1, -0.05) is 24.3 Å². The third-order valence-corrected chi connectivity index (χ3v) is 6.89. The highest BCUT2D eigenvalue weighted by atomic mass is 16.5. The van der Waals surface area contributed by atoms with Gasteiger partial charge in [-0.3, -0.25) is 14.5 Å². The van der Waals surface area contributed by atoms with Crippen LogP contribution in [0.15, 0.2) is 64.3 Å². The van der Waals surface area contributed by atoms with Crippen molar-refractivity contribution in [2.24, 2.45) is 0 Å². The minimum atomic E-state index is -0.783. The second kappa shape index (κ2) is 10.7. The maximum absolute atomic E-state index is 13.8. The first-order chi connectivity index (χ1) is 18.0. The number of morpholine rings is 1. The van der Waals surface area contributed by atoms with Crippen LogP contribution in [0.5, 0.6) is 11.5 Å². The Labute approximate surface area is 214 Å². The van der Waals surface area contributed by atoms with Crippen LogP contribution >= 0.6 is 0 Å². The molecule has 2 aromatic carbocycles. The molecule has 0 bridgehead atoms. The number of ether oxygens (including phenoxy) is 3. The summed E-state index contributed by atoms with van der Waals surface area (Å²) in [4.78, 5) is 30.9. The van der Waals surface area contributed by atoms with E-state index in [1.807, 2.05) is 12.1 Å². The number of carbonyl (C=O) groups excluding carboxylic acids is 2. The molecule has 0 radical (unpaired) electrons. The Morgan fingerprint density at radius 1 is 1.05 bits per heavy atom. The van der Waals surface area contributed by atoms with Crippen LogP contribution in [0.2, 0.25) is 0 Å². The minimum Gasteiger partial charge on any atom is -0.503 e. The molecule has 1 fully saturated rings. The second-order valence-corrected chi connectivity index (χ2v) is 9.07. The molecule has 1 aromatic heterocycles. The average Bonchev–Trinajstić information content (AvgIpc) is 3.48. The van der Waals surface area contributed by atoms with Gasteiger partial charge in [0.25, 0.3) is 5.91 Å². The van der Waals surface area contributed by atoms with Crippen molar-refractivity contribution < 1.29 is 33.3 Å². The number of aliphatic hydroxyl groups excluding tert-OH is 1. The summed E-state index contributed by atoms with van der Waals surface area (Å²) in [6, 6.07) is 13.4. The molecule has 9 heteroatoms. The zero-order chi connectivity index (χ0) is 25.9. The van der Waals surface area contributed by atoms with Crippen LogP contribution in [-0.2, 0) is 9.53 Å². The van der Waals surface area contributed by atoms with E-state index in [2.05, 4.69) is 4.90 Å². The Hall–Kier alpha value is -3.82. The Kier molecular flexibility index (Phi) is 7.16. The number of furan rings is 1. The summed E-state index contributed by atoms with van der Waals surface area (Å²) in [5.41, 5.74) is 1.08. The van der Waals surface area contributed by atoms with Crippen LogP contribution < -0.4 is 9.47 Å². The number of para-hydroxylation sites is 1. The van der Waals surface area contributed by atoms with Gasteiger partial charge in [-0.25, -0.2) is 0 Å². The summed E-state index contributed by atoms with van der Waals surface area (Å²) in [7, 11) is 3.08. The lowest BCUT2D eigenvalue weighted by Gasteiger charge is -2.30. The maximum Gasteiger partial charge on any atom is 0.290 e. The number of hydrogen-bond donors (Lipinski definition) is 1. The summed E-state index contributed by atoms with van der Waals surface area (Å²) in [6.07, 6.45) is 0.683. The predicted molar refractivity (Wildman–Crippen MR) is 136 cm³/mol. The first-order valence-corrected chi connectivity index (χ1v) is 12.3. The van der Waals surface area contributed by atoms with Gasteiger partial charge in [0.1, 0.15) is 5.75 Å². The number of amides is 1. The van der Waals surface area contributed by atoms with Crippen molar-refractivity contribution in [2.45, 2.75) is 12.5 Å². The monoisotopic (exact) mass is 506 g/mol. The van der Waals surface area contributed by atoms with Crippen LogP contribution in [0.1, 0.15) is 28.6 Å². The number of benzene rings is 2. The fraction of sp³-hybridized carbons (Fsp3) is 0.357. The molecule has 1 atom stereocenters. The van der Waals surface area contributed by atoms with Gasteiger partial charge >= 0.3 is 0 Å². The molecule has 3 aromatic rings. The minimum absolute atomic E-state index is 0.0114. The SMILES string of the molecule is COc1cccc([C@@H]2C(C(=O)c3cc4cccc(OC)c4o3)=C(O)C(=O)N2CCCN2CCOCC2)c1. The molecule has 3 heterocycles. The molecule has 0 unspecified atom stereocenters. The zero-order valence-corrected chi connectivity index (χ0v) is 20.9. The van der Waals surface area contributed by atoms with Crippen LogP contribution in [0.4, 0.5) is 0 Å². The third-order valence-electron chi connectivity index (χ3n) is 6.89. The Morgan fingerprint density at radius 3 is 2.59 bits per heavy atom. The maximum atomic E-state index is 13.8. The van der Waals surface area contributed by atoms with Crippen LogP contribution in [0.3, 0.4) is 0 Å². The van der Waals surface area contributed by atoms with Gasteiger partial charge in [-0.05, 0) is 36.2 Å². The topological polar surface area (TPSA) is 102 Å². The lowest BCUT2D eigenvalue weighted by Crippen LogP contribution is -2.39. The molecule has 1 amide bonds. The van der Waals surface area contributed by atoms with Gasteiger partial charge in [0, 0.05) is 31.6 Å². The van der Waals surface area contributed by atoms with Gasteiger partial charge < -0.3 is 28.6 Å². The van der Waals surface area contributed by atoms with Crippen LogP contribution in [0, 0.1) is 0 Å². The van der Waals surface area contributed by atoms with Crippen molar-refractivity contribution in [1.29, 1.82) is 0 Å². The fourth-order valence-corrected chi connectivity index (χ4v) is 5.01. The highest BCUT2D eigenvalue weighted by Crippen LogP contribution is 2.41. The summed E-state index contributed by atoms with van der Waals surface area (Å²) in [5.74, 6) is -0.579. The summed E-state index contributed by atoms with van der Waals surface area (Å²) < 4.78 is 22.0. The number of rotatable bonds is 9. The van der Waals surface area contributed by atoms with E-state index in [1.165, 1.54) is 7.11 Å². The number of hydrogen-bond acceptors (Lipinski definition) is 8. The molecule has 0 aliphatic carbocycles. The number of fused-ring (bicyclic) bond motifs is 1. The number of Topliss-reactive ketones (excluding diaryl/α,β-unsaturated/α-hetero) is 1. The van der Waals surface area contributed by atoms with Crippen molar-refractivity contribution in [3.63, 3.8) is 0 Å². The van der Waals surface area contributed by atoms with Crippen molar-refractivity contribution in [3.05, 3.63) is 71.2 Å². The highest BCUT2D eigenvalue weighted by molar-refractivity contribution is 6.16. The lowest BCUT2D eigenvalue weighted by molar-refractivity contribution is -0.129. The number of carbonyl (C=O) groups is 2. The molecule has 0 spiro atoms. The molecule has 1 saturated heterocycles. The normalized spacial score (nSPS) is 18.6. The Bertz CT molecular complexity index is 1340. The van der Waals surface area contributed by atoms with Crippen molar-refractivity contribution >= 4 is 22.7 Å². The first kappa shape index (κ1) is 24.9. The second-order valence-electron chi connectivity index (χ2n) is 9.07. The van der Waals surface area contributed by atoms with E-state index in [-0.39, 0.29) is 11.3 Å². The number of ketones is 1. The standard InChI is InChI=1S/C28H30N2O7/c1-34-20-8-3-6-18(16-20)24-23(25(31)22-17-19-7-4-9-21(35-2)27(19)37-22)26(32)28(33)30(24)11-5-10-29-12-14-36-15-13-29/h3-4,6-9,16-17,24,32H,5,10-15H2,1-2H3/t24-/m1/s1. The zero-order valence-electron chi connectivity index (χ0n) is 20.9. The van der Waals surface area contributed by atoms with Crippen LogP contribution in [-0.4, -0.2) is 80.2 Å². The van der Waals surface area contributed by atoms with Crippen molar-refractivity contribution in [2.75, 3.05) is 53.6 Å². The number of nitrogens with zero attached hydrogens (tertiary/aromatic N) is 2. The van der Waals surface area contributed by atoms with E-state index >= 15 is 0 Å². The fourth-order valence-electron chi connectivity index (χ4n) is 5.01. The first-order valence-electron chi connectivity index (χ1n) is 12.3. The molecular formula is C28H30N2O7. The van der Waals surface area contributed by atoms with Gasteiger partial charge in [-0.2, -0.15) is 0 Å². The molecule has 5 rings (SSSR count). The third kappa shape index (κ3) is 4.80. The largest absolute Gasteiger partial charge is 0.503 e. The summed E-state index contributed by atoms with van der Waals surface area (Å²) in [6.45, 7) is 4.22. The average molecular weight is 507 g/mol. The smallest absolute Gasteiger partial charge is 0.290 e. The van der Waals surface area contributed by atoms with E-state index < -0.39 is 23.5 Å². The van der Waals surface area contributed by atoms with Gasteiger partial charge in [0.05, 0.1) is 39.0 Å². The summed E-state index contributed by atoms with van der Waals surface area (Å²) in [5, 5.41) is 11.7. The van der Waals surface area contributed by atoms with Crippen molar-refractivity contribution in [1.82, 2.24) is 9.80 Å². The highest BCUT2D eigenvalue weighted by Gasteiger charge is 2.44. The molecule has 0 saturated carbocycles. The lowest BCUT2D eigenvalue weighted by atomic mass is 9.94. The molecule has 2 aliphatic heterocycles. The number of methoxy groups -OCH3 is 2. The van der Waals surface area contributed by atoms with Crippen LogP contribution in [0.25, 0.3) is 11.0 Å². The van der Waals surface area contributed by atoms with Gasteiger partial charge in [0.2, 0.25) is 5.78 Å². The molecule has 9 nitrogen and oxygen atoms in total. The Balaban J connectivity index is 1.48. The quantitative estimate of drug-likeness (QED) is 0.438. The summed E-state index contributed by atoms with van der Waals surface area (Å²) >= 11 is 0. The number of aliphatic hydroxyl groups is 1. The van der Waals surface area contributed by atoms with E-state index in [0.717, 1.165) is 19.6 Å². The van der Waals surface area contributed by atoms with Crippen molar-refractivity contribution in [3.8, 4) is 11.5 Å². The van der Waals surface area contributed by atoms with E-state index in [0.29, 0.717) is 54.2 Å². The molecular weight excluding hydrogens is 476 g/mol. The molecule has 37 heavy (non-hydrogen) atoms. The molecule has 194 valence electrons. The predicted octanol–water partition coefficient (Wildman–Crippen LogP) is 3.75. The van der Waals surface area contributed by atoms with E-state index in [4.69, 9.17) is 18.6 Å².